The van der Waals surface area contributed by atoms with E-state index >= 15 is 0 Å². The number of aryl methyl sites for hydroxylation is 2. The summed E-state index contributed by atoms with van der Waals surface area (Å²) in [4.78, 5) is 4.45. The van der Waals surface area contributed by atoms with Gasteiger partial charge < -0.3 is 5.11 Å². The first-order valence-corrected chi connectivity index (χ1v) is 6.74. The predicted octanol–water partition coefficient (Wildman–Crippen LogP) is 3.86. The van der Waals surface area contributed by atoms with Crippen LogP contribution < -0.4 is 0 Å². The molecule has 0 aliphatic rings. The molecule has 5 heteroatoms. The fourth-order valence-electron chi connectivity index (χ4n) is 2.13. The predicted molar refractivity (Wildman–Crippen MR) is 81.2 cm³/mol. The van der Waals surface area contributed by atoms with Crippen LogP contribution >= 0.6 is 0 Å². The van der Waals surface area contributed by atoms with Crippen molar-refractivity contribution in [2.45, 2.75) is 20.5 Å². The molecule has 1 aromatic carbocycles. The lowest BCUT2D eigenvalue weighted by atomic mass is 10.2. The number of hydrogen-bond donors (Lipinski definition) is 1. The van der Waals surface area contributed by atoms with Crippen LogP contribution in [-0.4, -0.2) is 14.5 Å². The summed E-state index contributed by atoms with van der Waals surface area (Å²) in [5, 5.41) is 17.7. The van der Waals surface area contributed by atoms with Crippen molar-refractivity contribution in [1.82, 2.24) is 9.38 Å². The number of nitrogens with zero attached hydrogens (tertiary/aromatic N) is 4. The third-order valence-electron chi connectivity index (χ3n) is 3.31. The molecule has 3 aromatic rings. The molecule has 0 amide bonds. The Hall–Kier alpha value is -2.53. The van der Waals surface area contributed by atoms with Crippen LogP contribution in [0.15, 0.2) is 52.8 Å². The minimum Gasteiger partial charge on any atom is -0.392 e. The van der Waals surface area contributed by atoms with Crippen LogP contribution in [0.3, 0.4) is 0 Å². The Morgan fingerprint density at radius 2 is 1.86 bits per heavy atom. The number of hydrogen-bond acceptors (Lipinski definition) is 4. The molecular formula is C16H16N4O. The van der Waals surface area contributed by atoms with Crippen LogP contribution in [0.25, 0.3) is 5.65 Å². The highest BCUT2D eigenvalue weighted by atomic mass is 16.3. The molecule has 0 saturated carbocycles. The molecule has 2 heterocycles. The fourth-order valence-corrected chi connectivity index (χ4v) is 2.13. The summed E-state index contributed by atoms with van der Waals surface area (Å²) in [5.41, 5.74) is 4.39. The maximum absolute atomic E-state index is 9.17. The first-order valence-electron chi connectivity index (χ1n) is 6.74. The van der Waals surface area contributed by atoms with Crippen molar-refractivity contribution in [3.8, 4) is 0 Å². The quantitative estimate of drug-likeness (QED) is 0.740. The number of azo groups is 1. The highest BCUT2D eigenvalue weighted by molar-refractivity contribution is 5.53. The number of pyridine rings is 1. The normalized spacial score (nSPS) is 11.6. The van der Waals surface area contributed by atoms with Crippen molar-refractivity contribution in [3.05, 3.63) is 59.4 Å². The minimum absolute atomic E-state index is 0.00260. The maximum Gasteiger partial charge on any atom is 0.182 e. The van der Waals surface area contributed by atoms with E-state index in [0.717, 1.165) is 22.6 Å². The van der Waals surface area contributed by atoms with Gasteiger partial charge in [0.2, 0.25) is 0 Å². The van der Waals surface area contributed by atoms with E-state index in [2.05, 4.69) is 15.2 Å². The van der Waals surface area contributed by atoms with Gasteiger partial charge in [-0.1, -0.05) is 17.7 Å². The van der Waals surface area contributed by atoms with Crippen molar-refractivity contribution in [1.29, 1.82) is 0 Å². The van der Waals surface area contributed by atoms with Crippen LogP contribution in [0.5, 0.6) is 0 Å². The highest BCUT2D eigenvalue weighted by Gasteiger charge is 2.08. The molecule has 0 radical (unpaired) electrons. The van der Waals surface area contributed by atoms with E-state index in [4.69, 9.17) is 5.11 Å². The van der Waals surface area contributed by atoms with Gasteiger partial charge in [-0.05, 0) is 43.7 Å². The molecule has 0 spiro atoms. The zero-order valence-corrected chi connectivity index (χ0v) is 12.0. The first-order chi connectivity index (χ1) is 10.2. The molecule has 0 unspecified atom stereocenters. The Labute approximate surface area is 122 Å². The van der Waals surface area contributed by atoms with Crippen LogP contribution in [0.2, 0.25) is 0 Å². The van der Waals surface area contributed by atoms with E-state index in [-0.39, 0.29) is 6.61 Å². The van der Waals surface area contributed by atoms with Gasteiger partial charge in [-0.25, -0.2) is 4.98 Å². The third-order valence-corrected chi connectivity index (χ3v) is 3.31. The molecule has 2 aromatic heterocycles. The molecule has 0 atom stereocenters. The van der Waals surface area contributed by atoms with Crippen molar-refractivity contribution >= 4 is 17.2 Å². The second kappa shape index (κ2) is 5.46. The average molecular weight is 280 g/mol. The lowest BCUT2D eigenvalue weighted by molar-refractivity contribution is 0.282. The number of imidazole rings is 1. The number of rotatable bonds is 3. The average Bonchev–Trinajstić information content (AvgIpc) is 2.81. The Kier molecular flexibility index (Phi) is 3.50. The monoisotopic (exact) mass is 280 g/mol. The molecule has 0 aliphatic carbocycles. The van der Waals surface area contributed by atoms with Crippen molar-refractivity contribution in [3.63, 3.8) is 0 Å². The first kappa shape index (κ1) is 13.5. The second-order valence-corrected chi connectivity index (χ2v) is 4.98. The van der Waals surface area contributed by atoms with Gasteiger partial charge in [0.15, 0.2) is 5.82 Å². The zero-order valence-electron chi connectivity index (χ0n) is 12.0. The molecule has 106 valence electrons. The Morgan fingerprint density at radius 1 is 1.10 bits per heavy atom. The van der Waals surface area contributed by atoms with E-state index in [1.54, 1.807) is 0 Å². The fraction of sp³-hybridized carbons (Fsp3) is 0.188. The number of aliphatic hydroxyl groups excluding tert-OH is 1. The molecule has 0 bridgehead atoms. The van der Waals surface area contributed by atoms with Crippen LogP contribution in [0.1, 0.15) is 16.8 Å². The van der Waals surface area contributed by atoms with E-state index in [1.807, 2.05) is 60.8 Å². The molecule has 1 N–H and O–H groups in total. The number of fused-ring (bicyclic) bond motifs is 1. The summed E-state index contributed by atoms with van der Waals surface area (Å²) in [5.74, 6) is 0.704. The molecule has 0 aliphatic heterocycles. The lowest BCUT2D eigenvalue weighted by Gasteiger charge is -1.99. The smallest absolute Gasteiger partial charge is 0.182 e. The Bertz CT molecular complexity index is 803. The van der Waals surface area contributed by atoms with Gasteiger partial charge in [0, 0.05) is 6.20 Å². The van der Waals surface area contributed by atoms with E-state index < -0.39 is 0 Å². The van der Waals surface area contributed by atoms with Gasteiger partial charge in [0.05, 0.1) is 18.0 Å². The molecule has 0 fully saturated rings. The summed E-state index contributed by atoms with van der Waals surface area (Å²) in [6, 6.07) is 11.6. The summed E-state index contributed by atoms with van der Waals surface area (Å²) >= 11 is 0. The molecule has 21 heavy (non-hydrogen) atoms. The SMILES string of the molecule is Cc1ccc(N=Nc2c(C)nc3cc(CO)ccn23)cc1. The largest absolute Gasteiger partial charge is 0.392 e. The Balaban J connectivity index is 2.00. The number of aromatic nitrogens is 2. The molecule has 5 nitrogen and oxygen atoms in total. The Morgan fingerprint density at radius 3 is 2.57 bits per heavy atom. The van der Waals surface area contributed by atoms with Crippen molar-refractivity contribution in [2.75, 3.05) is 0 Å². The van der Waals surface area contributed by atoms with Gasteiger partial charge in [-0.15, -0.1) is 10.2 Å². The van der Waals surface area contributed by atoms with E-state index in [1.165, 1.54) is 5.56 Å². The summed E-state index contributed by atoms with van der Waals surface area (Å²) < 4.78 is 1.87. The molecule has 3 rings (SSSR count). The summed E-state index contributed by atoms with van der Waals surface area (Å²) in [6.45, 7) is 3.94. The molecule has 0 saturated heterocycles. The zero-order chi connectivity index (χ0) is 14.8. The van der Waals surface area contributed by atoms with E-state index in [9.17, 15) is 0 Å². The maximum atomic E-state index is 9.17. The second-order valence-electron chi connectivity index (χ2n) is 4.98. The topological polar surface area (TPSA) is 62.2 Å². The van der Waals surface area contributed by atoms with E-state index in [0.29, 0.717) is 5.82 Å². The van der Waals surface area contributed by atoms with Crippen LogP contribution in [0.4, 0.5) is 11.5 Å². The molecular weight excluding hydrogens is 264 g/mol. The van der Waals surface area contributed by atoms with Crippen LogP contribution in [0, 0.1) is 13.8 Å². The van der Waals surface area contributed by atoms with Gasteiger partial charge in [0.25, 0.3) is 0 Å². The number of aliphatic hydroxyl groups is 1. The van der Waals surface area contributed by atoms with Gasteiger partial charge >= 0.3 is 0 Å². The number of benzene rings is 1. The van der Waals surface area contributed by atoms with Crippen molar-refractivity contribution < 1.29 is 5.11 Å². The lowest BCUT2D eigenvalue weighted by Crippen LogP contribution is -1.88. The van der Waals surface area contributed by atoms with Gasteiger partial charge in [-0.3, -0.25) is 4.40 Å². The highest BCUT2D eigenvalue weighted by Crippen LogP contribution is 2.24. The minimum atomic E-state index is 0.00260. The summed E-state index contributed by atoms with van der Waals surface area (Å²) in [7, 11) is 0. The third kappa shape index (κ3) is 2.68. The van der Waals surface area contributed by atoms with Gasteiger partial charge in [-0.2, -0.15) is 0 Å². The van der Waals surface area contributed by atoms with Crippen molar-refractivity contribution in [2.24, 2.45) is 10.2 Å². The summed E-state index contributed by atoms with van der Waals surface area (Å²) in [6.07, 6.45) is 1.85. The standard InChI is InChI=1S/C16H16N4O/c1-11-3-5-14(6-4-11)18-19-16-12(2)17-15-9-13(10-21)7-8-20(15)16/h3-9,21H,10H2,1-2H3. The van der Waals surface area contributed by atoms with Gasteiger partial charge in [0.1, 0.15) is 5.65 Å². The van der Waals surface area contributed by atoms with Crippen LogP contribution in [-0.2, 0) is 6.61 Å².